The molecule has 5 atom stereocenters. The summed E-state index contributed by atoms with van der Waals surface area (Å²) in [5.41, 5.74) is 4.10. The highest BCUT2D eigenvalue weighted by Gasteiger charge is 2.42. The molecule has 0 saturated carbocycles. The fourth-order valence-corrected chi connectivity index (χ4v) is 7.33. The van der Waals surface area contributed by atoms with Crippen LogP contribution in [0.4, 0.5) is 0 Å². The minimum atomic E-state index is -1.24. The first kappa shape index (κ1) is 52.3. The van der Waals surface area contributed by atoms with E-state index in [2.05, 4.69) is 33.5 Å². The fourth-order valence-electron chi connectivity index (χ4n) is 7.33. The zero-order chi connectivity index (χ0) is 44.0. The number of unbranched alkanes of at least 4 members (excludes halogenated alkanes) is 8. The smallest absolute Gasteiger partial charge is 0.248 e. The number of aliphatic hydroxyl groups excluding tert-OH is 1. The third-order valence-corrected chi connectivity index (χ3v) is 10.5. The van der Waals surface area contributed by atoms with Crippen LogP contribution in [0.5, 0.6) is 0 Å². The Balaban J connectivity index is 2.99. The molecule has 1 unspecified atom stereocenters. The van der Waals surface area contributed by atoms with Gasteiger partial charge in [-0.2, -0.15) is 0 Å². The van der Waals surface area contributed by atoms with Crippen molar-refractivity contribution < 1.29 is 38.7 Å². The van der Waals surface area contributed by atoms with Gasteiger partial charge in [0.2, 0.25) is 41.4 Å². The largest absolute Gasteiger partial charge is 0.394 e. The number of nitrogens with two attached hydrogens (primary N) is 1. The van der Waals surface area contributed by atoms with Gasteiger partial charge >= 0.3 is 0 Å². The minimum Gasteiger partial charge on any atom is -0.394 e. The average molecular weight is 822 g/mol. The highest BCUT2D eigenvalue weighted by atomic mass is 16.3. The monoisotopic (exact) mass is 822 g/mol. The van der Waals surface area contributed by atoms with Crippen LogP contribution in [0.2, 0.25) is 0 Å². The van der Waals surface area contributed by atoms with Crippen LogP contribution in [-0.4, -0.2) is 100 Å². The van der Waals surface area contributed by atoms with Crippen LogP contribution in [0.3, 0.4) is 0 Å². The third-order valence-electron chi connectivity index (χ3n) is 10.5. The molecule has 0 aromatic rings. The predicted molar refractivity (Wildman–Crippen MR) is 226 cm³/mol. The van der Waals surface area contributed by atoms with Gasteiger partial charge in [0.1, 0.15) is 29.7 Å². The van der Waals surface area contributed by atoms with Crippen molar-refractivity contribution in [3.8, 4) is 0 Å². The molecule has 15 nitrogen and oxygen atoms in total. The van der Waals surface area contributed by atoms with Crippen LogP contribution in [0.15, 0.2) is 0 Å². The summed E-state index contributed by atoms with van der Waals surface area (Å²) in [4.78, 5) is 94.4. The summed E-state index contributed by atoms with van der Waals surface area (Å²) in [5.74, 6) is -3.91. The van der Waals surface area contributed by atoms with Gasteiger partial charge in [-0.1, -0.05) is 99.8 Å². The lowest BCUT2D eigenvalue weighted by molar-refractivity contribution is -0.145. The van der Waals surface area contributed by atoms with Gasteiger partial charge in [-0.15, -0.1) is 0 Å². The molecule has 1 heterocycles. The number of carbonyl (C=O) groups excluding carboxylic acids is 7. The Morgan fingerprint density at radius 1 is 0.724 bits per heavy atom. The van der Waals surface area contributed by atoms with E-state index < -0.39 is 71.2 Å². The Kier molecular flexibility index (Phi) is 24.4. The summed E-state index contributed by atoms with van der Waals surface area (Å²) in [5, 5.41) is 23.7. The normalized spacial score (nSPS) is 16.4. The van der Waals surface area contributed by atoms with Gasteiger partial charge in [0.15, 0.2) is 0 Å². The Morgan fingerprint density at radius 2 is 1.29 bits per heavy atom. The highest BCUT2D eigenvalue weighted by molar-refractivity contribution is 5.97. The summed E-state index contributed by atoms with van der Waals surface area (Å²) in [7, 11) is 0. The van der Waals surface area contributed by atoms with E-state index in [1.807, 2.05) is 27.7 Å². The molecule has 1 aliphatic heterocycles. The number of aliphatic hydroxyl groups is 1. The number of hydrogen-bond acceptors (Lipinski definition) is 8. The maximum atomic E-state index is 13.9. The molecule has 0 spiro atoms. The van der Waals surface area contributed by atoms with Gasteiger partial charge in [0.05, 0.1) is 12.6 Å². The van der Waals surface area contributed by atoms with Crippen molar-refractivity contribution in [2.24, 2.45) is 23.5 Å². The second-order valence-electron chi connectivity index (χ2n) is 17.9. The van der Waals surface area contributed by atoms with Crippen LogP contribution < -0.4 is 32.3 Å². The van der Waals surface area contributed by atoms with Gasteiger partial charge in [0, 0.05) is 19.4 Å². The summed E-state index contributed by atoms with van der Waals surface area (Å²) in [6, 6.07) is -4.74. The fraction of sp³-hybridized carbons (Fsp3) is 0.837. The maximum Gasteiger partial charge on any atom is 0.248 e. The van der Waals surface area contributed by atoms with Crippen LogP contribution in [0.1, 0.15) is 165 Å². The molecule has 1 saturated heterocycles. The van der Waals surface area contributed by atoms with Gasteiger partial charge in [-0.25, -0.2) is 0 Å². The molecule has 0 aromatic carbocycles. The van der Waals surface area contributed by atoms with Crippen molar-refractivity contribution in [3.05, 3.63) is 0 Å². The van der Waals surface area contributed by atoms with Gasteiger partial charge < -0.3 is 42.3 Å². The minimum absolute atomic E-state index is 0.0317. The molecule has 8 N–H and O–H groups in total. The first-order valence-electron chi connectivity index (χ1n) is 22.0. The number of rotatable bonds is 29. The second-order valence-corrected chi connectivity index (χ2v) is 17.9. The third kappa shape index (κ3) is 19.8. The Morgan fingerprint density at radius 3 is 1.83 bits per heavy atom. The topological polar surface area (TPSA) is 229 Å². The van der Waals surface area contributed by atoms with E-state index >= 15 is 0 Å². The van der Waals surface area contributed by atoms with E-state index in [1.54, 1.807) is 27.7 Å². The van der Waals surface area contributed by atoms with Crippen molar-refractivity contribution in [1.29, 1.82) is 0 Å². The Bertz CT molecular complexity index is 1320. The second kappa shape index (κ2) is 27.1. The van der Waals surface area contributed by atoms with Crippen molar-refractivity contribution >= 4 is 41.4 Å². The molecule has 0 radical (unpaired) electrons. The molecule has 1 fully saturated rings. The standard InChI is InChI=1S/C43H79N7O8/c1-10-11-12-13-14-15-16-17-18-21-36(53)49-43(8,9)42(58)50-24-19-20-34(50)40(56)47-33(26-29(4)5)39(55)48-37(30(6)7)41(57)46-32(22-23-35(44)52)38(54)45-31(27-51)25-28(2)3/h28-34,37,51H,10-27H2,1-9H3,(H2,44,52)(H,45,54)(H,46,57)(H,47,56)(H,48,55)(H,49,53)/t31?,32-,33-,34-,37-/m0/s1. The Hall–Kier alpha value is -3.75. The zero-order valence-corrected chi connectivity index (χ0v) is 37.2. The summed E-state index contributed by atoms with van der Waals surface area (Å²) in [6.07, 6.45) is 11.9. The van der Waals surface area contributed by atoms with Gasteiger partial charge in [-0.3, -0.25) is 33.6 Å². The van der Waals surface area contributed by atoms with Gasteiger partial charge in [0.25, 0.3) is 0 Å². The van der Waals surface area contributed by atoms with E-state index in [4.69, 9.17) is 5.73 Å². The number of likely N-dealkylation sites (tertiary alicyclic amines) is 1. The van der Waals surface area contributed by atoms with Crippen molar-refractivity contribution in [2.75, 3.05) is 13.2 Å². The van der Waals surface area contributed by atoms with E-state index in [1.165, 1.54) is 37.0 Å². The van der Waals surface area contributed by atoms with Crippen LogP contribution in [0.25, 0.3) is 0 Å². The molecule has 0 aliphatic carbocycles. The molecule has 58 heavy (non-hydrogen) atoms. The predicted octanol–water partition coefficient (Wildman–Crippen LogP) is 3.74. The van der Waals surface area contributed by atoms with Gasteiger partial charge in [-0.05, 0) is 70.1 Å². The van der Waals surface area contributed by atoms with Crippen molar-refractivity contribution in [1.82, 2.24) is 31.5 Å². The lowest BCUT2D eigenvalue weighted by atomic mass is 9.98. The van der Waals surface area contributed by atoms with Crippen molar-refractivity contribution in [2.45, 2.75) is 201 Å². The van der Waals surface area contributed by atoms with E-state index in [-0.39, 0.29) is 49.5 Å². The molecule has 1 aliphatic rings. The first-order chi connectivity index (χ1) is 27.2. The van der Waals surface area contributed by atoms with E-state index in [9.17, 15) is 38.7 Å². The van der Waals surface area contributed by atoms with Crippen LogP contribution in [-0.2, 0) is 33.6 Å². The maximum absolute atomic E-state index is 13.9. The quantitative estimate of drug-likeness (QED) is 0.0549. The summed E-state index contributed by atoms with van der Waals surface area (Å²) < 4.78 is 0. The number of hydrogen-bond donors (Lipinski definition) is 7. The lowest BCUT2D eigenvalue weighted by Crippen LogP contribution is -2.61. The Labute approximate surface area is 348 Å². The summed E-state index contributed by atoms with van der Waals surface area (Å²) in [6.45, 7) is 16.6. The number of carbonyl (C=O) groups is 7. The number of nitrogens with zero attached hydrogens (tertiary/aromatic N) is 1. The molecular weight excluding hydrogens is 743 g/mol. The molecule has 0 bridgehead atoms. The van der Waals surface area contributed by atoms with Crippen molar-refractivity contribution in [3.63, 3.8) is 0 Å². The van der Waals surface area contributed by atoms with Crippen LogP contribution in [0, 0.1) is 17.8 Å². The van der Waals surface area contributed by atoms with E-state index in [0.29, 0.717) is 32.2 Å². The number of primary amides is 1. The first-order valence-corrected chi connectivity index (χ1v) is 22.0. The molecule has 334 valence electrons. The molecule has 1 rings (SSSR count). The molecule has 15 heteroatoms. The number of nitrogens with one attached hydrogen (secondary N) is 5. The average Bonchev–Trinajstić information content (AvgIpc) is 3.63. The molecule has 7 amide bonds. The van der Waals surface area contributed by atoms with Crippen LogP contribution >= 0.6 is 0 Å². The highest BCUT2D eigenvalue weighted by Crippen LogP contribution is 2.23. The summed E-state index contributed by atoms with van der Waals surface area (Å²) >= 11 is 0. The molecule has 0 aromatic heterocycles. The number of amides is 7. The zero-order valence-electron chi connectivity index (χ0n) is 37.2. The SMILES string of the molecule is CCCCCCCCCCCC(=O)NC(C)(C)C(=O)N1CCC[C@H]1C(=O)N[C@@H](CC(C)C)C(=O)N[C@H](C(=O)N[C@@H](CCC(N)=O)C(=O)NC(CO)CC(C)C)C(C)C. The van der Waals surface area contributed by atoms with E-state index in [0.717, 1.165) is 25.7 Å². The lowest BCUT2D eigenvalue weighted by Gasteiger charge is -2.34. The molecular formula is C43H79N7O8.